The van der Waals surface area contributed by atoms with E-state index >= 15 is 0 Å². The fraction of sp³-hybridized carbons (Fsp3) is 0.421. The number of benzene rings is 1. The summed E-state index contributed by atoms with van der Waals surface area (Å²) < 4.78 is 40.2. The maximum absolute atomic E-state index is 11.6. The molecule has 0 saturated carbocycles. The number of rotatable bonds is 7. The lowest BCUT2D eigenvalue weighted by Crippen LogP contribution is -2.49. The minimum Gasteiger partial charge on any atom is -0.497 e. The molecule has 0 radical (unpaired) electrons. The minimum absolute atomic E-state index is 0.0305. The van der Waals surface area contributed by atoms with Crippen LogP contribution in [0.4, 0.5) is 0 Å². The number of hydrogen-bond acceptors (Lipinski definition) is 7. The van der Waals surface area contributed by atoms with Gasteiger partial charge in [0.15, 0.2) is 0 Å². The van der Waals surface area contributed by atoms with E-state index < -0.39 is 16.2 Å². The lowest BCUT2D eigenvalue weighted by molar-refractivity contribution is -0.0879. The summed E-state index contributed by atoms with van der Waals surface area (Å²) in [4.78, 5) is 6.27. The number of pyridine rings is 1. The van der Waals surface area contributed by atoms with Crippen LogP contribution in [0.2, 0.25) is 5.15 Å². The molecule has 1 aromatic carbocycles. The van der Waals surface area contributed by atoms with Gasteiger partial charge in [-0.05, 0) is 51.3 Å². The molecular weight excluding hydrogens is 484 g/mol. The first-order valence-electron chi connectivity index (χ1n) is 8.91. The maximum atomic E-state index is 11.6. The van der Waals surface area contributed by atoms with Crippen LogP contribution in [0.15, 0.2) is 41.0 Å². The summed E-state index contributed by atoms with van der Waals surface area (Å²) in [5.41, 5.74) is 1.88. The molecule has 0 amide bonds. The molecule has 158 valence electrons. The first kappa shape index (κ1) is 22.5. The molecule has 1 aromatic heterocycles. The molecule has 3 rings (SSSR count). The lowest BCUT2D eigenvalue weighted by Gasteiger charge is -2.41. The van der Waals surface area contributed by atoms with E-state index in [1.807, 2.05) is 30.3 Å². The van der Waals surface area contributed by atoms with Crippen LogP contribution in [0.5, 0.6) is 5.75 Å². The van der Waals surface area contributed by atoms with Crippen molar-refractivity contribution < 1.29 is 22.1 Å². The van der Waals surface area contributed by atoms with Gasteiger partial charge in [-0.2, -0.15) is 8.42 Å². The predicted molar refractivity (Wildman–Crippen MR) is 114 cm³/mol. The summed E-state index contributed by atoms with van der Waals surface area (Å²) >= 11 is 9.46. The summed E-state index contributed by atoms with van der Waals surface area (Å²) in [5, 5.41) is 0.327. The Bertz CT molecular complexity index is 922. The predicted octanol–water partition coefficient (Wildman–Crippen LogP) is 3.42. The van der Waals surface area contributed by atoms with Crippen LogP contribution in [-0.4, -0.2) is 57.5 Å². The van der Waals surface area contributed by atoms with Crippen molar-refractivity contribution in [1.82, 2.24) is 9.88 Å². The fourth-order valence-corrected chi connectivity index (χ4v) is 4.44. The number of nitrogens with zero attached hydrogens (tertiary/aromatic N) is 2. The second-order valence-corrected chi connectivity index (χ2v) is 9.56. The summed E-state index contributed by atoms with van der Waals surface area (Å²) in [6.45, 7) is 1.72. The topological polar surface area (TPSA) is 78.0 Å². The summed E-state index contributed by atoms with van der Waals surface area (Å²) in [6, 6.07) is 11.0. The van der Waals surface area contributed by atoms with Crippen molar-refractivity contribution in [2.24, 2.45) is 0 Å². The summed E-state index contributed by atoms with van der Waals surface area (Å²) in [7, 11) is -1.97. The average Bonchev–Trinajstić information content (AvgIpc) is 2.66. The van der Waals surface area contributed by atoms with Crippen molar-refractivity contribution in [2.45, 2.75) is 18.7 Å². The summed E-state index contributed by atoms with van der Waals surface area (Å²) in [6.07, 6.45) is 0.625. The number of morpholine rings is 1. The molecule has 0 spiro atoms. The normalized spacial score (nSPS) is 20.6. The van der Waals surface area contributed by atoms with Crippen molar-refractivity contribution in [3.8, 4) is 5.75 Å². The highest BCUT2D eigenvalue weighted by Crippen LogP contribution is 2.32. The van der Waals surface area contributed by atoms with E-state index in [0.29, 0.717) is 29.5 Å². The van der Waals surface area contributed by atoms with E-state index in [2.05, 4.69) is 25.8 Å². The summed E-state index contributed by atoms with van der Waals surface area (Å²) in [5.74, 6) is 0.779. The number of methoxy groups -OCH3 is 1. The number of halogens is 2. The van der Waals surface area contributed by atoms with Crippen LogP contribution in [0.3, 0.4) is 0 Å². The fourth-order valence-electron chi connectivity index (χ4n) is 3.28. The molecular formula is C19H22BrClN2O5S. The second kappa shape index (κ2) is 9.72. The third-order valence-electron chi connectivity index (χ3n) is 4.61. The molecule has 1 aliphatic heterocycles. The molecule has 0 bridgehead atoms. The van der Waals surface area contributed by atoms with Crippen LogP contribution in [0, 0.1) is 0 Å². The van der Waals surface area contributed by atoms with Gasteiger partial charge in [0.1, 0.15) is 21.6 Å². The van der Waals surface area contributed by atoms with Crippen LogP contribution < -0.4 is 4.74 Å². The quantitative estimate of drug-likeness (QED) is 0.421. The maximum Gasteiger partial charge on any atom is 0.264 e. The molecule has 2 atom stereocenters. The molecule has 2 aromatic rings. The van der Waals surface area contributed by atoms with Gasteiger partial charge >= 0.3 is 0 Å². The lowest BCUT2D eigenvalue weighted by atomic mass is 10.00. The van der Waals surface area contributed by atoms with Gasteiger partial charge in [-0.3, -0.25) is 9.08 Å². The standard InChI is InChI=1S/C19H22BrClN2O5S/c1-26-15-5-3-13(4-6-15)11-23-7-8-27-19(16(23)12-28-29(2,24)25)14-9-17(20)22-18(21)10-14/h3-6,9-10,16,19H,7-8,11-12H2,1-2H3/t16-,19-/m1/s1. The first-order valence-corrected chi connectivity index (χ1v) is 11.9. The van der Waals surface area contributed by atoms with E-state index in [0.717, 1.165) is 23.1 Å². The molecule has 0 unspecified atom stereocenters. The van der Waals surface area contributed by atoms with Crippen molar-refractivity contribution in [3.63, 3.8) is 0 Å². The van der Waals surface area contributed by atoms with Gasteiger partial charge in [0, 0.05) is 13.1 Å². The zero-order chi connectivity index (χ0) is 21.0. The van der Waals surface area contributed by atoms with E-state index in [4.69, 9.17) is 25.3 Å². The molecule has 7 nitrogen and oxygen atoms in total. The molecule has 2 heterocycles. The number of ether oxygens (including phenoxy) is 2. The molecule has 29 heavy (non-hydrogen) atoms. The molecule has 0 aliphatic carbocycles. The Balaban J connectivity index is 1.87. The third-order valence-corrected chi connectivity index (χ3v) is 5.77. The van der Waals surface area contributed by atoms with Gasteiger partial charge in [0.05, 0.1) is 32.6 Å². The molecule has 1 fully saturated rings. The highest BCUT2D eigenvalue weighted by atomic mass is 79.9. The largest absolute Gasteiger partial charge is 0.497 e. The van der Waals surface area contributed by atoms with Crippen LogP contribution >= 0.6 is 27.5 Å². The molecule has 0 N–H and O–H groups in total. The molecule has 10 heteroatoms. The van der Waals surface area contributed by atoms with Gasteiger partial charge in [0.25, 0.3) is 10.1 Å². The zero-order valence-electron chi connectivity index (χ0n) is 16.0. The van der Waals surface area contributed by atoms with Crippen LogP contribution in [0.1, 0.15) is 17.2 Å². The third kappa shape index (κ3) is 6.37. The second-order valence-electron chi connectivity index (χ2n) is 6.71. The van der Waals surface area contributed by atoms with Gasteiger partial charge < -0.3 is 9.47 Å². The highest BCUT2D eigenvalue weighted by molar-refractivity contribution is 9.10. The van der Waals surface area contributed by atoms with E-state index in [-0.39, 0.29) is 12.6 Å². The van der Waals surface area contributed by atoms with Crippen molar-refractivity contribution in [3.05, 3.63) is 57.3 Å². The number of aromatic nitrogens is 1. The van der Waals surface area contributed by atoms with E-state index in [9.17, 15) is 8.42 Å². The Hall–Kier alpha value is -1.23. The average molecular weight is 506 g/mol. The Morgan fingerprint density at radius 3 is 2.66 bits per heavy atom. The minimum atomic E-state index is -3.60. The van der Waals surface area contributed by atoms with E-state index in [1.165, 1.54) is 0 Å². The zero-order valence-corrected chi connectivity index (χ0v) is 19.2. The van der Waals surface area contributed by atoms with Gasteiger partial charge in [-0.25, -0.2) is 4.98 Å². The smallest absolute Gasteiger partial charge is 0.264 e. The van der Waals surface area contributed by atoms with Crippen molar-refractivity contribution in [2.75, 3.05) is 33.1 Å². The van der Waals surface area contributed by atoms with Crippen LogP contribution in [0.25, 0.3) is 0 Å². The number of hydrogen-bond donors (Lipinski definition) is 0. The SMILES string of the molecule is COc1ccc(CN2CCO[C@H](c3cc(Cl)nc(Br)c3)[C@H]2COS(C)(=O)=O)cc1. The van der Waals surface area contributed by atoms with Gasteiger partial charge in [0.2, 0.25) is 0 Å². The van der Waals surface area contributed by atoms with E-state index in [1.54, 1.807) is 13.2 Å². The molecule has 1 saturated heterocycles. The monoisotopic (exact) mass is 504 g/mol. The Kier molecular flexibility index (Phi) is 7.53. The van der Waals surface area contributed by atoms with Crippen LogP contribution in [-0.2, 0) is 25.6 Å². The van der Waals surface area contributed by atoms with Crippen molar-refractivity contribution in [1.29, 1.82) is 0 Å². The first-order chi connectivity index (χ1) is 13.7. The Morgan fingerprint density at radius 1 is 1.31 bits per heavy atom. The van der Waals surface area contributed by atoms with Gasteiger partial charge in [-0.15, -0.1) is 0 Å². The molecule has 1 aliphatic rings. The van der Waals surface area contributed by atoms with Gasteiger partial charge in [-0.1, -0.05) is 23.7 Å². The Morgan fingerprint density at radius 2 is 2.03 bits per heavy atom. The van der Waals surface area contributed by atoms with Crippen molar-refractivity contribution >= 4 is 37.6 Å². The highest BCUT2D eigenvalue weighted by Gasteiger charge is 2.35. The Labute approximate surface area is 184 Å².